The molecule has 0 atom stereocenters. The molecule has 0 spiro atoms. The molecular formula is C16H20N2. The highest BCUT2D eigenvalue weighted by atomic mass is 14.9. The van der Waals surface area contributed by atoms with Crippen LogP contribution in [0, 0.1) is 6.92 Å². The third kappa shape index (κ3) is 3.39. The van der Waals surface area contributed by atoms with E-state index in [0.29, 0.717) is 0 Å². The van der Waals surface area contributed by atoms with Gasteiger partial charge in [-0.25, -0.2) is 9.98 Å². The first-order chi connectivity index (χ1) is 8.65. The lowest BCUT2D eigenvalue weighted by molar-refractivity contribution is 0.893. The summed E-state index contributed by atoms with van der Waals surface area (Å²) in [6, 6.07) is 8.52. The Morgan fingerprint density at radius 2 is 1.67 bits per heavy atom. The highest BCUT2D eigenvalue weighted by Crippen LogP contribution is 2.20. The van der Waals surface area contributed by atoms with Crippen molar-refractivity contribution in [2.24, 2.45) is 9.98 Å². The number of hydrogen-bond donors (Lipinski definition) is 0. The molecule has 18 heavy (non-hydrogen) atoms. The van der Waals surface area contributed by atoms with Crippen LogP contribution in [0.1, 0.15) is 44.2 Å². The largest absolute Gasteiger partial charge is 0.243 e. The zero-order valence-electron chi connectivity index (χ0n) is 11.4. The van der Waals surface area contributed by atoms with Crippen LogP contribution < -0.4 is 0 Å². The standard InChI is InChI=1S/C16H20N2/c1-12-8-10-15(11-9-12)16-7-5-4-6-13(2)17-14(3)18-16/h7-11H,4-6H2,1-3H3/b16-7+,17-13-,18-14-. The number of allylic oxidation sites excluding steroid dienone is 1. The summed E-state index contributed by atoms with van der Waals surface area (Å²) in [7, 11) is 0. The minimum absolute atomic E-state index is 0.848. The molecule has 0 bridgehead atoms. The van der Waals surface area contributed by atoms with Crippen LogP contribution in [0.4, 0.5) is 0 Å². The first-order valence-electron chi connectivity index (χ1n) is 6.52. The van der Waals surface area contributed by atoms with Crippen molar-refractivity contribution in [1.82, 2.24) is 0 Å². The van der Waals surface area contributed by atoms with E-state index in [1.54, 1.807) is 0 Å². The Balaban J connectivity index is 2.35. The van der Waals surface area contributed by atoms with Crippen molar-refractivity contribution in [3.05, 3.63) is 41.5 Å². The molecule has 0 saturated heterocycles. The van der Waals surface area contributed by atoms with E-state index in [2.05, 4.69) is 54.2 Å². The summed E-state index contributed by atoms with van der Waals surface area (Å²) in [4.78, 5) is 9.15. The molecule has 94 valence electrons. The van der Waals surface area contributed by atoms with Crippen molar-refractivity contribution in [2.45, 2.75) is 40.0 Å². The first-order valence-corrected chi connectivity index (χ1v) is 6.52. The van der Waals surface area contributed by atoms with Crippen LogP contribution in [-0.2, 0) is 0 Å². The van der Waals surface area contributed by atoms with Crippen molar-refractivity contribution in [3.63, 3.8) is 0 Å². The first kappa shape index (κ1) is 12.7. The zero-order valence-corrected chi connectivity index (χ0v) is 11.4. The second kappa shape index (κ2) is 5.76. The van der Waals surface area contributed by atoms with Crippen LogP contribution in [0.15, 0.2) is 40.3 Å². The number of rotatable bonds is 1. The quantitative estimate of drug-likeness (QED) is 0.695. The van der Waals surface area contributed by atoms with E-state index in [9.17, 15) is 0 Å². The molecule has 0 N–H and O–H groups in total. The second-order valence-electron chi connectivity index (χ2n) is 4.85. The van der Waals surface area contributed by atoms with Crippen molar-refractivity contribution >= 4 is 17.2 Å². The second-order valence-corrected chi connectivity index (χ2v) is 4.85. The molecule has 1 aromatic rings. The maximum absolute atomic E-state index is 4.64. The predicted molar refractivity (Wildman–Crippen MR) is 79.2 cm³/mol. The number of nitrogens with zero attached hydrogens (tertiary/aromatic N) is 2. The van der Waals surface area contributed by atoms with Crippen LogP contribution in [-0.4, -0.2) is 11.5 Å². The number of amidine groups is 1. The molecule has 2 rings (SSSR count). The Morgan fingerprint density at radius 1 is 0.944 bits per heavy atom. The van der Waals surface area contributed by atoms with Crippen LogP contribution in [0.25, 0.3) is 5.70 Å². The summed E-state index contributed by atoms with van der Waals surface area (Å²) in [5, 5.41) is 0. The molecule has 0 aromatic heterocycles. The van der Waals surface area contributed by atoms with Gasteiger partial charge in [0, 0.05) is 5.71 Å². The molecule has 1 aliphatic heterocycles. The summed E-state index contributed by atoms with van der Waals surface area (Å²) in [5.74, 6) is 0.848. The van der Waals surface area contributed by atoms with Gasteiger partial charge in [0.05, 0.1) is 5.70 Å². The Kier molecular flexibility index (Phi) is 4.08. The van der Waals surface area contributed by atoms with Gasteiger partial charge in [0.2, 0.25) is 0 Å². The monoisotopic (exact) mass is 240 g/mol. The number of aliphatic imine (C=N–C) groups is 2. The number of benzene rings is 1. The zero-order chi connectivity index (χ0) is 13.0. The van der Waals surface area contributed by atoms with E-state index in [1.165, 1.54) is 16.8 Å². The van der Waals surface area contributed by atoms with Gasteiger partial charge in [-0.15, -0.1) is 0 Å². The molecule has 2 nitrogen and oxygen atoms in total. The molecule has 0 aliphatic carbocycles. The molecule has 0 fully saturated rings. The SMILES string of the molecule is C/C1=N/C(C)=N\C(c2ccc(C)cc2)=C\CCC1. The van der Waals surface area contributed by atoms with Crippen molar-refractivity contribution in [1.29, 1.82) is 0 Å². The summed E-state index contributed by atoms with van der Waals surface area (Å²) < 4.78 is 0. The third-order valence-corrected chi connectivity index (χ3v) is 3.06. The van der Waals surface area contributed by atoms with Gasteiger partial charge in [-0.3, -0.25) is 0 Å². The van der Waals surface area contributed by atoms with Crippen molar-refractivity contribution in [2.75, 3.05) is 0 Å². The molecule has 1 heterocycles. The van der Waals surface area contributed by atoms with Gasteiger partial charge < -0.3 is 0 Å². The Labute approximate surface area is 109 Å². The molecule has 2 heteroatoms. The Hall–Kier alpha value is -1.70. The predicted octanol–water partition coefficient (Wildman–Crippen LogP) is 4.40. The molecule has 0 unspecified atom stereocenters. The van der Waals surface area contributed by atoms with Crippen molar-refractivity contribution in [3.8, 4) is 0 Å². The van der Waals surface area contributed by atoms with Gasteiger partial charge in [-0.2, -0.15) is 0 Å². The average Bonchev–Trinajstić information content (AvgIpc) is 2.41. The van der Waals surface area contributed by atoms with Crippen molar-refractivity contribution < 1.29 is 0 Å². The summed E-state index contributed by atoms with van der Waals surface area (Å²) in [6.07, 6.45) is 5.49. The average molecular weight is 240 g/mol. The van der Waals surface area contributed by atoms with E-state index >= 15 is 0 Å². The van der Waals surface area contributed by atoms with Crippen LogP contribution in [0.3, 0.4) is 0 Å². The topological polar surface area (TPSA) is 24.7 Å². The molecule has 0 radical (unpaired) electrons. The minimum Gasteiger partial charge on any atom is -0.243 e. The third-order valence-electron chi connectivity index (χ3n) is 3.06. The highest BCUT2D eigenvalue weighted by molar-refractivity contribution is 5.98. The fourth-order valence-electron chi connectivity index (χ4n) is 2.08. The number of aryl methyl sites for hydroxylation is 1. The number of hydrogen-bond acceptors (Lipinski definition) is 2. The Morgan fingerprint density at radius 3 is 2.39 bits per heavy atom. The van der Waals surface area contributed by atoms with Gasteiger partial charge in [-0.05, 0) is 45.6 Å². The molecule has 0 amide bonds. The van der Waals surface area contributed by atoms with E-state index in [4.69, 9.17) is 0 Å². The van der Waals surface area contributed by atoms with E-state index in [1.807, 2.05) is 6.92 Å². The maximum Gasteiger partial charge on any atom is 0.125 e. The molecule has 1 aliphatic rings. The summed E-state index contributed by atoms with van der Waals surface area (Å²) >= 11 is 0. The van der Waals surface area contributed by atoms with E-state index in [0.717, 1.165) is 30.8 Å². The lowest BCUT2D eigenvalue weighted by Gasteiger charge is -2.03. The van der Waals surface area contributed by atoms with Gasteiger partial charge in [0.25, 0.3) is 0 Å². The van der Waals surface area contributed by atoms with Gasteiger partial charge in [0.1, 0.15) is 5.84 Å². The summed E-state index contributed by atoms with van der Waals surface area (Å²) in [5.41, 5.74) is 4.67. The van der Waals surface area contributed by atoms with Gasteiger partial charge in [-0.1, -0.05) is 35.9 Å². The Bertz CT molecular complexity index is 504. The molecule has 1 aromatic carbocycles. The lowest BCUT2D eigenvalue weighted by atomic mass is 10.1. The maximum atomic E-state index is 4.64. The molecular weight excluding hydrogens is 220 g/mol. The minimum atomic E-state index is 0.848. The van der Waals surface area contributed by atoms with Crippen LogP contribution in [0.2, 0.25) is 0 Å². The fraction of sp³-hybridized carbons (Fsp3) is 0.375. The fourth-order valence-corrected chi connectivity index (χ4v) is 2.08. The van der Waals surface area contributed by atoms with E-state index in [-0.39, 0.29) is 0 Å². The van der Waals surface area contributed by atoms with Crippen LogP contribution in [0.5, 0.6) is 0 Å². The lowest BCUT2D eigenvalue weighted by Crippen LogP contribution is -1.95. The highest BCUT2D eigenvalue weighted by Gasteiger charge is 2.03. The van der Waals surface area contributed by atoms with E-state index < -0.39 is 0 Å². The van der Waals surface area contributed by atoms with Crippen LogP contribution >= 0.6 is 0 Å². The summed E-state index contributed by atoms with van der Waals surface area (Å²) in [6.45, 7) is 6.15. The molecule has 0 saturated carbocycles. The van der Waals surface area contributed by atoms with Gasteiger partial charge in [0.15, 0.2) is 0 Å². The smallest absolute Gasteiger partial charge is 0.125 e. The van der Waals surface area contributed by atoms with Gasteiger partial charge >= 0.3 is 0 Å². The normalized spacial score (nSPS) is 25.6.